The maximum atomic E-state index is 15.2. The summed E-state index contributed by atoms with van der Waals surface area (Å²) in [4.78, 5) is 19.6. The minimum absolute atomic E-state index is 0.0354. The Hall–Kier alpha value is -2.78. The van der Waals surface area contributed by atoms with E-state index in [1.54, 1.807) is 19.2 Å². The van der Waals surface area contributed by atoms with Gasteiger partial charge in [0.15, 0.2) is 5.15 Å². The van der Waals surface area contributed by atoms with Crippen molar-refractivity contribution in [1.29, 1.82) is 0 Å². The molecule has 0 saturated carbocycles. The number of nitrogens with zero attached hydrogens (tertiary/aromatic N) is 5. The van der Waals surface area contributed by atoms with Gasteiger partial charge in [-0.1, -0.05) is 31.9 Å². The molecule has 1 aromatic carbocycles. The SMILES string of the molecule is CC[C@H](C)Cn1c(-c2c(F)cc(OCCCN(C)C)cc2F)c(Cl)nc(-n2ccc(C)n2)c1=O. The third-order valence-corrected chi connectivity index (χ3v) is 5.77. The van der Waals surface area contributed by atoms with Crippen LogP contribution in [0.1, 0.15) is 32.4 Å². The van der Waals surface area contributed by atoms with E-state index in [0.29, 0.717) is 18.7 Å². The highest BCUT2D eigenvalue weighted by molar-refractivity contribution is 6.31. The van der Waals surface area contributed by atoms with E-state index in [-0.39, 0.29) is 34.9 Å². The summed E-state index contributed by atoms with van der Waals surface area (Å²) in [5, 5.41) is 4.04. The van der Waals surface area contributed by atoms with Gasteiger partial charge in [-0.2, -0.15) is 5.10 Å². The predicted molar refractivity (Wildman–Crippen MR) is 129 cm³/mol. The average Bonchev–Trinajstić information content (AvgIpc) is 3.20. The zero-order valence-corrected chi connectivity index (χ0v) is 20.9. The second-order valence-electron chi connectivity index (χ2n) is 8.67. The molecule has 0 unspecified atom stereocenters. The van der Waals surface area contributed by atoms with Crippen LogP contribution in [-0.2, 0) is 6.54 Å². The zero-order chi connectivity index (χ0) is 25.0. The van der Waals surface area contributed by atoms with Gasteiger partial charge in [-0.05, 0) is 39.4 Å². The normalized spacial score (nSPS) is 12.4. The van der Waals surface area contributed by atoms with Gasteiger partial charge >= 0.3 is 0 Å². The Labute approximate surface area is 202 Å². The van der Waals surface area contributed by atoms with Gasteiger partial charge in [-0.3, -0.25) is 4.79 Å². The van der Waals surface area contributed by atoms with Crippen molar-refractivity contribution in [2.45, 2.75) is 40.2 Å². The van der Waals surface area contributed by atoms with E-state index in [1.165, 1.54) is 9.25 Å². The molecule has 0 N–H and O–H groups in total. The lowest BCUT2D eigenvalue weighted by Gasteiger charge is -2.20. The molecule has 0 saturated heterocycles. The molecule has 10 heteroatoms. The minimum atomic E-state index is -0.883. The Morgan fingerprint density at radius 1 is 1.24 bits per heavy atom. The van der Waals surface area contributed by atoms with Gasteiger partial charge in [0.05, 0.1) is 23.6 Å². The van der Waals surface area contributed by atoms with Crippen LogP contribution in [0.4, 0.5) is 8.78 Å². The zero-order valence-electron chi connectivity index (χ0n) is 20.1. The highest BCUT2D eigenvalue weighted by atomic mass is 35.5. The molecular weight excluding hydrogens is 464 g/mol. The van der Waals surface area contributed by atoms with E-state index in [0.717, 1.165) is 25.1 Å². The second-order valence-corrected chi connectivity index (χ2v) is 9.03. The topological polar surface area (TPSA) is 65.2 Å². The van der Waals surface area contributed by atoms with Crippen molar-refractivity contribution in [3.63, 3.8) is 0 Å². The van der Waals surface area contributed by atoms with Crippen LogP contribution in [0, 0.1) is 24.5 Å². The first kappa shape index (κ1) is 25.8. The standard InChI is InChI=1S/C24H30ClF2N5O2/c1-6-15(2)14-31-21(22(25)28-23(24(31)33)32-10-8-16(3)29-32)20-18(26)12-17(13-19(20)27)34-11-7-9-30(4)5/h8,10,12-13,15H,6-7,9,11,14H2,1-5H3/t15-/m0/s1. The fourth-order valence-electron chi connectivity index (χ4n) is 3.49. The summed E-state index contributed by atoms with van der Waals surface area (Å²) in [6.45, 7) is 7.00. The Morgan fingerprint density at radius 2 is 1.91 bits per heavy atom. The van der Waals surface area contributed by atoms with E-state index in [4.69, 9.17) is 16.3 Å². The molecule has 0 fully saturated rings. The molecule has 0 amide bonds. The highest BCUT2D eigenvalue weighted by Crippen LogP contribution is 2.34. The van der Waals surface area contributed by atoms with Crippen LogP contribution in [0.15, 0.2) is 29.2 Å². The van der Waals surface area contributed by atoms with Gasteiger partial charge in [0.2, 0.25) is 5.82 Å². The Morgan fingerprint density at radius 3 is 2.47 bits per heavy atom. The van der Waals surface area contributed by atoms with Crippen LogP contribution in [-0.4, -0.2) is 51.5 Å². The van der Waals surface area contributed by atoms with Crippen molar-refractivity contribution in [3.05, 3.63) is 57.2 Å². The lowest BCUT2D eigenvalue weighted by atomic mass is 10.1. The summed E-state index contributed by atoms with van der Waals surface area (Å²) in [7, 11) is 3.87. The summed E-state index contributed by atoms with van der Waals surface area (Å²) in [5.74, 6) is -1.68. The molecule has 7 nitrogen and oxygen atoms in total. The van der Waals surface area contributed by atoms with Crippen molar-refractivity contribution in [2.75, 3.05) is 27.2 Å². The minimum Gasteiger partial charge on any atom is -0.493 e. The third kappa shape index (κ3) is 5.82. The number of benzene rings is 1. The Balaban J connectivity index is 2.09. The Kier molecular flexibility index (Phi) is 8.43. The average molecular weight is 494 g/mol. The maximum Gasteiger partial charge on any atom is 0.296 e. The van der Waals surface area contributed by atoms with Crippen molar-refractivity contribution in [3.8, 4) is 22.8 Å². The molecule has 1 atom stereocenters. The first-order chi connectivity index (χ1) is 16.1. The van der Waals surface area contributed by atoms with Crippen LogP contribution in [0.25, 0.3) is 17.1 Å². The van der Waals surface area contributed by atoms with Gasteiger partial charge < -0.3 is 14.2 Å². The molecule has 3 rings (SSSR count). The second kappa shape index (κ2) is 11.1. The lowest BCUT2D eigenvalue weighted by Crippen LogP contribution is -2.30. The van der Waals surface area contributed by atoms with E-state index in [1.807, 2.05) is 32.8 Å². The molecule has 0 bridgehead atoms. The largest absolute Gasteiger partial charge is 0.493 e. The smallest absolute Gasteiger partial charge is 0.296 e. The molecule has 0 aliphatic heterocycles. The van der Waals surface area contributed by atoms with Crippen LogP contribution >= 0.6 is 11.6 Å². The molecule has 0 aliphatic carbocycles. The molecule has 0 spiro atoms. The number of ether oxygens (including phenoxy) is 1. The van der Waals surface area contributed by atoms with Gasteiger partial charge in [0.25, 0.3) is 5.56 Å². The first-order valence-electron chi connectivity index (χ1n) is 11.2. The van der Waals surface area contributed by atoms with Gasteiger partial charge in [0, 0.05) is 31.4 Å². The molecule has 184 valence electrons. The number of halogens is 3. The molecule has 2 heterocycles. The first-order valence-corrected chi connectivity index (χ1v) is 11.6. The van der Waals surface area contributed by atoms with Gasteiger partial charge in [0.1, 0.15) is 17.4 Å². The fraction of sp³-hybridized carbons (Fsp3) is 0.458. The summed E-state index contributed by atoms with van der Waals surface area (Å²) in [5.41, 5.74) is -0.366. The highest BCUT2D eigenvalue weighted by Gasteiger charge is 2.25. The van der Waals surface area contributed by atoms with E-state index < -0.39 is 22.8 Å². The van der Waals surface area contributed by atoms with E-state index in [2.05, 4.69) is 10.1 Å². The van der Waals surface area contributed by atoms with Crippen LogP contribution in [0.2, 0.25) is 5.15 Å². The van der Waals surface area contributed by atoms with Crippen molar-refractivity contribution >= 4 is 11.6 Å². The van der Waals surface area contributed by atoms with E-state index >= 15 is 8.78 Å². The van der Waals surface area contributed by atoms with Crippen LogP contribution < -0.4 is 10.3 Å². The van der Waals surface area contributed by atoms with E-state index in [9.17, 15) is 4.79 Å². The summed E-state index contributed by atoms with van der Waals surface area (Å²) in [6.07, 6.45) is 3.05. The van der Waals surface area contributed by atoms with Gasteiger partial charge in [-0.15, -0.1) is 0 Å². The Bertz CT molecular complexity index is 1190. The van der Waals surface area contributed by atoms with Crippen molar-refractivity contribution < 1.29 is 13.5 Å². The molecular formula is C24H30ClF2N5O2. The number of aromatic nitrogens is 4. The number of hydrogen-bond donors (Lipinski definition) is 0. The van der Waals surface area contributed by atoms with Crippen molar-refractivity contribution in [2.24, 2.45) is 5.92 Å². The number of hydrogen-bond acceptors (Lipinski definition) is 5. The summed E-state index contributed by atoms with van der Waals surface area (Å²) >= 11 is 6.46. The molecule has 2 aromatic heterocycles. The predicted octanol–water partition coefficient (Wildman–Crippen LogP) is 4.71. The molecule has 34 heavy (non-hydrogen) atoms. The van der Waals surface area contributed by atoms with Crippen LogP contribution in [0.3, 0.4) is 0 Å². The summed E-state index contributed by atoms with van der Waals surface area (Å²) < 4.78 is 38.6. The number of aryl methyl sites for hydroxylation is 1. The molecule has 0 radical (unpaired) electrons. The summed E-state index contributed by atoms with van der Waals surface area (Å²) in [6, 6.07) is 3.93. The van der Waals surface area contributed by atoms with Gasteiger partial charge in [-0.25, -0.2) is 18.4 Å². The third-order valence-electron chi connectivity index (χ3n) is 5.51. The molecule has 3 aromatic rings. The number of rotatable bonds is 10. The van der Waals surface area contributed by atoms with Crippen LogP contribution in [0.5, 0.6) is 5.75 Å². The monoisotopic (exact) mass is 493 g/mol. The fourth-order valence-corrected chi connectivity index (χ4v) is 3.77. The maximum absolute atomic E-state index is 15.2. The van der Waals surface area contributed by atoms with Crippen molar-refractivity contribution in [1.82, 2.24) is 24.2 Å². The molecule has 0 aliphatic rings. The quantitative estimate of drug-likeness (QED) is 0.383. The lowest BCUT2D eigenvalue weighted by molar-refractivity contribution is 0.279.